The zero-order valence-corrected chi connectivity index (χ0v) is 10.5. The maximum Gasteiger partial charge on any atom is 0.241 e. The quantitative estimate of drug-likeness (QED) is 0.772. The Morgan fingerprint density at radius 1 is 1.32 bits per heavy atom. The van der Waals surface area contributed by atoms with Crippen LogP contribution in [0.3, 0.4) is 0 Å². The zero-order chi connectivity index (χ0) is 13.2. The van der Waals surface area contributed by atoms with E-state index in [9.17, 15) is 9.90 Å². The van der Waals surface area contributed by atoms with Crippen molar-refractivity contribution in [2.45, 2.75) is 18.9 Å². The number of phenolic OH excluding ortho intramolecular Hbond substituents is 1. The second kappa shape index (κ2) is 4.90. The van der Waals surface area contributed by atoms with E-state index in [1.165, 1.54) is 0 Å². The molecule has 1 aliphatic rings. The van der Waals surface area contributed by atoms with E-state index in [0.717, 1.165) is 30.2 Å². The molecule has 0 radical (unpaired) electrons. The fourth-order valence-electron chi connectivity index (χ4n) is 2.50. The van der Waals surface area contributed by atoms with Crippen LogP contribution < -0.4 is 10.6 Å². The van der Waals surface area contributed by atoms with Crippen LogP contribution in [-0.4, -0.2) is 23.6 Å². The normalized spacial score (nSPS) is 18.6. The number of benzene rings is 2. The summed E-state index contributed by atoms with van der Waals surface area (Å²) in [7, 11) is 0. The van der Waals surface area contributed by atoms with Gasteiger partial charge in [-0.3, -0.25) is 4.79 Å². The third-order valence-electron chi connectivity index (χ3n) is 3.48. The summed E-state index contributed by atoms with van der Waals surface area (Å²) in [5.74, 6) is 0.153. The molecular formula is C15H16N2O2. The lowest BCUT2D eigenvalue weighted by Crippen LogP contribution is -2.35. The lowest BCUT2D eigenvalue weighted by molar-refractivity contribution is -0.117. The average molecular weight is 256 g/mol. The first-order valence-corrected chi connectivity index (χ1v) is 6.50. The second-order valence-corrected chi connectivity index (χ2v) is 4.85. The van der Waals surface area contributed by atoms with Gasteiger partial charge in [-0.15, -0.1) is 0 Å². The number of fused-ring (bicyclic) bond motifs is 1. The van der Waals surface area contributed by atoms with Crippen LogP contribution >= 0.6 is 0 Å². The van der Waals surface area contributed by atoms with Crippen LogP contribution in [0.15, 0.2) is 36.4 Å². The van der Waals surface area contributed by atoms with Crippen molar-refractivity contribution in [3.8, 4) is 5.75 Å². The molecule has 0 spiro atoms. The van der Waals surface area contributed by atoms with Crippen LogP contribution in [-0.2, 0) is 4.79 Å². The van der Waals surface area contributed by atoms with Gasteiger partial charge < -0.3 is 15.7 Å². The monoisotopic (exact) mass is 256 g/mol. The van der Waals surface area contributed by atoms with Gasteiger partial charge in [0, 0.05) is 17.1 Å². The van der Waals surface area contributed by atoms with Gasteiger partial charge in [-0.05, 0) is 30.8 Å². The van der Waals surface area contributed by atoms with E-state index in [2.05, 4.69) is 10.6 Å². The minimum absolute atomic E-state index is 0.0350. The number of carbonyl (C=O) groups excluding carboxylic acids is 1. The number of phenols is 1. The SMILES string of the molecule is O=C(Nc1cc(O)c2ccccc2c1)C1CCCN1. The Balaban J connectivity index is 1.86. The summed E-state index contributed by atoms with van der Waals surface area (Å²) >= 11 is 0. The van der Waals surface area contributed by atoms with Crippen molar-refractivity contribution >= 4 is 22.4 Å². The molecule has 4 heteroatoms. The third-order valence-corrected chi connectivity index (χ3v) is 3.48. The number of aromatic hydroxyl groups is 1. The van der Waals surface area contributed by atoms with Gasteiger partial charge >= 0.3 is 0 Å². The molecule has 1 unspecified atom stereocenters. The van der Waals surface area contributed by atoms with Crippen LogP contribution in [0.5, 0.6) is 5.75 Å². The summed E-state index contributed by atoms with van der Waals surface area (Å²) in [6.07, 6.45) is 1.90. The molecule has 1 amide bonds. The van der Waals surface area contributed by atoms with Crippen LogP contribution in [0.4, 0.5) is 5.69 Å². The van der Waals surface area contributed by atoms with Gasteiger partial charge in [0.25, 0.3) is 0 Å². The summed E-state index contributed by atoms with van der Waals surface area (Å²) in [6.45, 7) is 0.890. The van der Waals surface area contributed by atoms with Crippen LogP contribution in [0, 0.1) is 0 Å². The van der Waals surface area contributed by atoms with E-state index in [-0.39, 0.29) is 17.7 Å². The van der Waals surface area contributed by atoms with Gasteiger partial charge in [-0.25, -0.2) is 0 Å². The summed E-state index contributed by atoms with van der Waals surface area (Å²) in [4.78, 5) is 12.0. The molecule has 1 atom stereocenters. The van der Waals surface area contributed by atoms with Crippen LogP contribution in [0.2, 0.25) is 0 Å². The lowest BCUT2D eigenvalue weighted by atomic mass is 10.1. The first kappa shape index (κ1) is 12.0. The maximum absolute atomic E-state index is 12.0. The fourth-order valence-corrected chi connectivity index (χ4v) is 2.50. The molecule has 4 nitrogen and oxygen atoms in total. The van der Waals surface area contributed by atoms with Crippen LogP contribution in [0.25, 0.3) is 10.8 Å². The number of anilines is 1. The Bertz CT molecular complexity index is 619. The van der Waals surface area contributed by atoms with Gasteiger partial charge in [0.05, 0.1) is 6.04 Å². The topological polar surface area (TPSA) is 61.4 Å². The van der Waals surface area contributed by atoms with E-state index in [1.807, 2.05) is 30.3 Å². The van der Waals surface area contributed by atoms with E-state index < -0.39 is 0 Å². The maximum atomic E-state index is 12.0. The summed E-state index contributed by atoms with van der Waals surface area (Å²) in [5.41, 5.74) is 0.634. The number of rotatable bonds is 2. The minimum Gasteiger partial charge on any atom is -0.507 e. The Hall–Kier alpha value is -2.07. The number of hydrogen-bond donors (Lipinski definition) is 3. The molecule has 1 saturated heterocycles. The number of hydrogen-bond acceptors (Lipinski definition) is 3. The average Bonchev–Trinajstić information content (AvgIpc) is 2.93. The standard InChI is InChI=1S/C15H16N2O2/c18-14-9-11(8-10-4-1-2-5-12(10)14)17-15(19)13-6-3-7-16-13/h1-2,4-5,8-9,13,16,18H,3,6-7H2,(H,17,19). The molecule has 3 N–H and O–H groups in total. The van der Waals surface area contributed by atoms with Gasteiger partial charge in [0.1, 0.15) is 5.75 Å². The third kappa shape index (κ3) is 2.39. The van der Waals surface area contributed by atoms with Crippen molar-refractivity contribution in [1.29, 1.82) is 0 Å². The van der Waals surface area contributed by atoms with E-state index >= 15 is 0 Å². The molecule has 0 aliphatic carbocycles. The molecule has 2 aromatic carbocycles. The van der Waals surface area contributed by atoms with Crippen molar-refractivity contribution in [2.24, 2.45) is 0 Å². The molecule has 1 heterocycles. The highest BCUT2D eigenvalue weighted by molar-refractivity contribution is 5.99. The lowest BCUT2D eigenvalue weighted by Gasteiger charge is -2.12. The van der Waals surface area contributed by atoms with Gasteiger partial charge in [0.15, 0.2) is 0 Å². The second-order valence-electron chi connectivity index (χ2n) is 4.85. The molecule has 19 heavy (non-hydrogen) atoms. The van der Waals surface area contributed by atoms with Gasteiger partial charge in [-0.1, -0.05) is 24.3 Å². The van der Waals surface area contributed by atoms with E-state index in [4.69, 9.17) is 0 Å². The molecule has 0 aromatic heterocycles. The van der Waals surface area contributed by atoms with Gasteiger partial charge in [-0.2, -0.15) is 0 Å². The van der Waals surface area contributed by atoms with Crippen molar-refractivity contribution in [3.05, 3.63) is 36.4 Å². The van der Waals surface area contributed by atoms with Gasteiger partial charge in [0.2, 0.25) is 5.91 Å². The fraction of sp³-hybridized carbons (Fsp3) is 0.267. The first-order valence-electron chi connectivity index (χ1n) is 6.50. The molecule has 1 aliphatic heterocycles. The molecule has 1 fully saturated rings. The molecular weight excluding hydrogens is 240 g/mol. The Kier molecular flexibility index (Phi) is 3.09. The van der Waals surface area contributed by atoms with Crippen molar-refractivity contribution in [3.63, 3.8) is 0 Å². The van der Waals surface area contributed by atoms with Crippen molar-refractivity contribution < 1.29 is 9.90 Å². The highest BCUT2D eigenvalue weighted by Crippen LogP contribution is 2.28. The summed E-state index contributed by atoms with van der Waals surface area (Å²) < 4.78 is 0. The number of carbonyl (C=O) groups is 1. The molecule has 3 rings (SSSR count). The highest BCUT2D eigenvalue weighted by Gasteiger charge is 2.22. The predicted octanol–water partition coefficient (Wildman–Crippen LogP) is 2.24. The zero-order valence-electron chi connectivity index (χ0n) is 10.5. The summed E-state index contributed by atoms with van der Waals surface area (Å²) in [5, 5.41) is 17.7. The predicted molar refractivity (Wildman–Crippen MR) is 75.3 cm³/mol. The Morgan fingerprint density at radius 2 is 2.16 bits per heavy atom. The number of amides is 1. The Morgan fingerprint density at radius 3 is 2.95 bits per heavy atom. The van der Waals surface area contributed by atoms with Crippen molar-refractivity contribution in [2.75, 3.05) is 11.9 Å². The molecule has 0 bridgehead atoms. The van der Waals surface area contributed by atoms with Crippen LogP contribution in [0.1, 0.15) is 12.8 Å². The first-order chi connectivity index (χ1) is 9.24. The smallest absolute Gasteiger partial charge is 0.241 e. The largest absolute Gasteiger partial charge is 0.507 e. The van der Waals surface area contributed by atoms with E-state index in [0.29, 0.717) is 5.69 Å². The minimum atomic E-state index is -0.117. The number of nitrogens with one attached hydrogen (secondary N) is 2. The molecule has 98 valence electrons. The summed E-state index contributed by atoms with van der Waals surface area (Å²) in [6, 6.07) is 10.9. The Labute approximate surface area is 111 Å². The highest BCUT2D eigenvalue weighted by atomic mass is 16.3. The van der Waals surface area contributed by atoms with E-state index in [1.54, 1.807) is 6.07 Å². The molecule has 0 saturated carbocycles. The van der Waals surface area contributed by atoms with Crippen molar-refractivity contribution in [1.82, 2.24) is 5.32 Å². The molecule has 2 aromatic rings.